The van der Waals surface area contributed by atoms with Crippen LogP contribution in [0.4, 0.5) is 10.1 Å². The lowest BCUT2D eigenvalue weighted by Gasteiger charge is -2.16. The topological polar surface area (TPSA) is 41.5 Å². The molecule has 1 atom stereocenters. The molecule has 19 heavy (non-hydrogen) atoms. The Morgan fingerprint density at radius 3 is 2.89 bits per heavy atom. The Morgan fingerprint density at radius 1 is 1.42 bits per heavy atom. The average molecular weight is 288 g/mol. The first-order valence-electron chi connectivity index (χ1n) is 6.64. The summed E-state index contributed by atoms with van der Waals surface area (Å²) in [5, 5.41) is 13.1. The van der Waals surface area contributed by atoms with Gasteiger partial charge in [-0.15, -0.1) is 0 Å². The summed E-state index contributed by atoms with van der Waals surface area (Å²) in [7, 11) is 0. The van der Waals surface area contributed by atoms with Crippen molar-refractivity contribution in [3.8, 4) is 0 Å². The zero-order valence-corrected chi connectivity index (χ0v) is 11.5. The Balaban J connectivity index is 1.73. The summed E-state index contributed by atoms with van der Waals surface area (Å²) in [5.74, 6) is -0.381. The summed E-state index contributed by atoms with van der Waals surface area (Å²) in [6, 6.07) is 4.29. The van der Waals surface area contributed by atoms with Gasteiger partial charge in [-0.1, -0.05) is 24.4 Å². The van der Waals surface area contributed by atoms with Crippen LogP contribution in [0.25, 0.3) is 0 Å². The van der Waals surface area contributed by atoms with E-state index in [1.807, 2.05) is 0 Å². The highest BCUT2D eigenvalue weighted by molar-refractivity contribution is 6.30. The van der Waals surface area contributed by atoms with Gasteiger partial charge in [0.15, 0.2) is 0 Å². The third-order valence-electron chi connectivity index (χ3n) is 3.28. The molecule has 0 bridgehead atoms. The third-order valence-corrected chi connectivity index (χ3v) is 3.52. The van der Waals surface area contributed by atoms with Gasteiger partial charge in [-0.05, 0) is 31.0 Å². The number of aliphatic hydroxyl groups excluding tert-OH is 1. The van der Waals surface area contributed by atoms with E-state index in [2.05, 4.69) is 5.32 Å². The van der Waals surface area contributed by atoms with Crippen LogP contribution >= 0.6 is 11.6 Å². The first-order chi connectivity index (χ1) is 9.15. The molecule has 1 unspecified atom stereocenters. The molecule has 0 radical (unpaired) electrons. The highest BCUT2D eigenvalue weighted by atomic mass is 35.5. The second kappa shape index (κ2) is 7.08. The standard InChI is InChI=1S/C14H19ClFNO2/c15-10-5-6-13(16)14(7-10)17-8-11(18)9-19-12-3-1-2-4-12/h5-7,11-12,17-18H,1-4,8-9H2. The fourth-order valence-corrected chi connectivity index (χ4v) is 2.39. The summed E-state index contributed by atoms with van der Waals surface area (Å²) in [6.45, 7) is 0.518. The second-order valence-corrected chi connectivity index (χ2v) is 5.34. The highest BCUT2D eigenvalue weighted by Crippen LogP contribution is 2.21. The Hall–Kier alpha value is -0.840. The van der Waals surface area contributed by atoms with Crippen LogP contribution < -0.4 is 5.32 Å². The lowest BCUT2D eigenvalue weighted by Crippen LogP contribution is -2.27. The van der Waals surface area contributed by atoms with Crippen LogP contribution in [0.1, 0.15) is 25.7 Å². The van der Waals surface area contributed by atoms with E-state index < -0.39 is 6.10 Å². The number of ether oxygens (including phenoxy) is 1. The molecule has 0 amide bonds. The van der Waals surface area contributed by atoms with E-state index in [9.17, 15) is 9.50 Å². The van der Waals surface area contributed by atoms with E-state index in [1.54, 1.807) is 0 Å². The smallest absolute Gasteiger partial charge is 0.146 e. The van der Waals surface area contributed by atoms with Gasteiger partial charge in [0.1, 0.15) is 5.82 Å². The molecule has 0 heterocycles. The fraction of sp³-hybridized carbons (Fsp3) is 0.571. The monoisotopic (exact) mass is 287 g/mol. The maximum Gasteiger partial charge on any atom is 0.146 e. The Morgan fingerprint density at radius 2 is 2.16 bits per heavy atom. The zero-order chi connectivity index (χ0) is 13.7. The average Bonchev–Trinajstić information content (AvgIpc) is 2.90. The maximum atomic E-state index is 13.4. The third kappa shape index (κ3) is 4.64. The van der Waals surface area contributed by atoms with Gasteiger partial charge in [0.2, 0.25) is 0 Å². The van der Waals surface area contributed by atoms with E-state index >= 15 is 0 Å². The van der Waals surface area contributed by atoms with Gasteiger partial charge in [-0.2, -0.15) is 0 Å². The molecule has 1 aromatic rings. The summed E-state index contributed by atoms with van der Waals surface area (Å²) >= 11 is 5.79. The molecule has 0 saturated heterocycles. The van der Waals surface area contributed by atoms with Crippen molar-refractivity contribution in [2.45, 2.75) is 37.9 Å². The van der Waals surface area contributed by atoms with Crippen molar-refractivity contribution in [1.29, 1.82) is 0 Å². The van der Waals surface area contributed by atoms with E-state index in [0.717, 1.165) is 12.8 Å². The van der Waals surface area contributed by atoms with Crippen LogP contribution in [-0.4, -0.2) is 30.5 Å². The fourth-order valence-electron chi connectivity index (χ4n) is 2.22. The first-order valence-corrected chi connectivity index (χ1v) is 7.01. The summed E-state index contributed by atoms with van der Waals surface area (Å²) in [5.41, 5.74) is 0.299. The molecule has 1 fully saturated rings. The number of rotatable bonds is 6. The van der Waals surface area contributed by atoms with Crippen molar-refractivity contribution >= 4 is 17.3 Å². The molecule has 106 valence electrons. The van der Waals surface area contributed by atoms with Gasteiger partial charge in [-0.3, -0.25) is 0 Å². The molecule has 1 saturated carbocycles. The van der Waals surface area contributed by atoms with Crippen molar-refractivity contribution < 1.29 is 14.2 Å². The minimum atomic E-state index is -0.654. The van der Waals surface area contributed by atoms with Crippen LogP contribution in [0.2, 0.25) is 5.02 Å². The molecular formula is C14H19ClFNO2. The van der Waals surface area contributed by atoms with Crippen molar-refractivity contribution in [2.75, 3.05) is 18.5 Å². The molecule has 1 aliphatic carbocycles. The SMILES string of the molecule is OC(CNc1cc(Cl)ccc1F)COC1CCCC1. The molecule has 2 rings (SSSR count). The lowest BCUT2D eigenvalue weighted by atomic mass is 10.2. The predicted octanol–water partition coefficient (Wildman–Crippen LogP) is 3.21. The molecule has 1 aromatic carbocycles. The van der Waals surface area contributed by atoms with Crippen LogP contribution in [0.3, 0.4) is 0 Å². The Bertz CT molecular complexity index is 410. The van der Waals surface area contributed by atoms with E-state index in [0.29, 0.717) is 10.7 Å². The number of hydrogen-bond acceptors (Lipinski definition) is 3. The highest BCUT2D eigenvalue weighted by Gasteiger charge is 2.17. The molecular weight excluding hydrogens is 269 g/mol. The molecule has 0 aromatic heterocycles. The van der Waals surface area contributed by atoms with Gasteiger partial charge in [0.25, 0.3) is 0 Å². The van der Waals surface area contributed by atoms with Crippen LogP contribution in [-0.2, 0) is 4.74 Å². The second-order valence-electron chi connectivity index (χ2n) is 4.90. The number of benzene rings is 1. The van der Waals surface area contributed by atoms with Crippen molar-refractivity contribution in [1.82, 2.24) is 0 Å². The van der Waals surface area contributed by atoms with Gasteiger partial charge >= 0.3 is 0 Å². The van der Waals surface area contributed by atoms with Gasteiger partial charge in [0.05, 0.1) is 24.5 Å². The molecule has 1 aliphatic rings. The molecule has 0 aliphatic heterocycles. The van der Waals surface area contributed by atoms with Crippen LogP contribution in [0.15, 0.2) is 18.2 Å². The number of aliphatic hydroxyl groups is 1. The first kappa shape index (κ1) is 14.6. The summed E-state index contributed by atoms with van der Waals surface area (Å²) in [6.07, 6.45) is 4.17. The Kier molecular flexibility index (Phi) is 5.43. The van der Waals surface area contributed by atoms with Crippen molar-refractivity contribution in [3.63, 3.8) is 0 Å². The summed E-state index contributed by atoms with van der Waals surface area (Å²) in [4.78, 5) is 0. The largest absolute Gasteiger partial charge is 0.389 e. The number of anilines is 1. The van der Waals surface area contributed by atoms with E-state index in [-0.39, 0.29) is 25.1 Å². The molecule has 3 nitrogen and oxygen atoms in total. The van der Waals surface area contributed by atoms with Gasteiger partial charge in [0, 0.05) is 11.6 Å². The van der Waals surface area contributed by atoms with Gasteiger partial charge in [-0.25, -0.2) is 4.39 Å². The Labute approximate surface area is 117 Å². The number of nitrogens with one attached hydrogen (secondary N) is 1. The predicted molar refractivity (Wildman–Crippen MR) is 74.1 cm³/mol. The molecule has 2 N–H and O–H groups in total. The number of hydrogen-bond donors (Lipinski definition) is 2. The number of halogens is 2. The van der Waals surface area contributed by atoms with E-state index in [4.69, 9.17) is 16.3 Å². The van der Waals surface area contributed by atoms with Crippen LogP contribution in [0, 0.1) is 5.82 Å². The normalized spacial score (nSPS) is 17.6. The quantitative estimate of drug-likeness (QED) is 0.844. The maximum absolute atomic E-state index is 13.4. The zero-order valence-electron chi connectivity index (χ0n) is 10.7. The minimum absolute atomic E-state index is 0.240. The van der Waals surface area contributed by atoms with Gasteiger partial charge < -0.3 is 15.2 Å². The lowest BCUT2D eigenvalue weighted by molar-refractivity contribution is -0.00119. The summed E-state index contributed by atoms with van der Waals surface area (Å²) < 4.78 is 19.0. The molecule has 0 spiro atoms. The van der Waals surface area contributed by atoms with Crippen molar-refractivity contribution in [2.24, 2.45) is 0 Å². The van der Waals surface area contributed by atoms with Crippen molar-refractivity contribution in [3.05, 3.63) is 29.0 Å². The molecule has 5 heteroatoms. The minimum Gasteiger partial charge on any atom is -0.389 e. The van der Waals surface area contributed by atoms with Crippen LogP contribution in [0.5, 0.6) is 0 Å². The van der Waals surface area contributed by atoms with E-state index in [1.165, 1.54) is 31.0 Å².